The average molecular weight is 261 g/mol. The number of hydrogen-bond donors (Lipinski definition) is 0. The van der Waals surface area contributed by atoms with Crippen molar-refractivity contribution in [2.75, 3.05) is 0 Å². The Morgan fingerprint density at radius 3 is 2.36 bits per heavy atom. The largest absolute Gasteiger partial charge is 0.236 e. The van der Waals surface area contributed by atoms with Gasteiger partial charge in [0.05, 0.1) is 5.75 Å². The smallest absolute Gasteiger partial charge is 0.212 e. The Hall–Kier alpha value is -0.390. The van der Waals surface area contributed by atoms with Gasteiger partial charge in [-0.25, -0.2) is 17.2 Å². The van der Waals surface area contributed by atoms with Gasteiger partial charge in [0, 0.05) is 16.2 Å². The maximum Gasteiger partial charge on any atom is 0.236 e. The van der Waals surface area contributed by atoms with Crippen molar-refractivity contribution in [3.8, 4) is 0 Å². The van der Waals surface area contributed by atoms with Crippen LogP contribution in [0.3, 0.4) is 0 Å². The van der Waals surface area contributed by atoms with Gasteiger partial charge in [-0.05, 0) is 6.07 Å². The maximum absolute atomic E-state index is 13.1. The van der Waals surface area contributed by atoms with E-state index < -0.39 is 31.5 Å². The molecule has 0 saturated carbocycles. The molecule has 0 aromatic heterocycles. The third-order valence-corrected chi connectivity index (χ3v) is 2.77. The van der Waals surface area contributed by atoms with Crippen molar-refractivity contribution in [3.05, 3.63) is 34.4 Å². The lowest BCUT2D eigenvalue weighted by molar-refractivity contribution is 0.573. The molecule has 0 spiro atoms. The molecule has 0 aliphatic heterocycles. The van der Waals surface area contributed by atoms with Crippen LogP contribution in [0.15, 0.2) is 12.1 Å². The number of hydrogen-bond acceptors (Lipinski definition) is 2. The van der Waals surface area contributed by atoms with Crippen LogP contribution in [0.1, 0.15) is 5.56 Å². The van der Waals surface area contributed by atoms with Crippen LogP contribution in [0.2, 0.25) is 5.02 Å². The minimum absolute atomic E-state index is 0.258. The minimum atomic E-state index is -3.88. The third-order valence-electron chi connectivity index (χ3n) is 1.44. The quantitative estimate of drug-likeness (QED) is 0.605. The fourth-order valence-electron chi connectivity index (χ4n) is 0.863. The van der Waals surface area contributed by atoms with Gasteiger partial charge in [-0.15, -0.1) is 0 Å². The average Bonchev–Trinajstić information content (AvgIpc) is 2.04. The van der Waals surface area contributed by atoms with Gasteiger partial charge in [0.2, 0.25) is 9.05 Å². The Morgan fingerprint density at radius 1 is 1.29 bits per heavy atom. The molecule has 0 heterocycles. The molecule has 2 nitrogen and oxygen atoms in total. The molecular formula is C7H4Cl2F2O2S. The Labute approximate surface area is 88.9 Å². The molecule has 1 rings (SSSR count). The van der Waals surface area contributed by atoms with Gasteiger partial charge in [0.1, 0.15) is 16.7 Å². The molecule has 0 aliphatic carbocycles. The SMILES string of the molecule is O=S(=O)(Cl)Cc1ccc(F)c(Cl)c1F. The van der Waals surface area contributed by atoms with Crippen LogP contribution >= 0.6 is 22.3 Å². The zero-order chi connectivity index (χ0) is 10.9. The van der Waals surface area contributed by atoms with Crippen LogP contribution in [0.25, 0.3) is 0 Å². The molecule has 0 fully saturated rings. The molecule has 14 heavy (non-hydrogen) atoms. The van der Waals surface area contributed by atoms with E-state index in [0.717, 1.165) is 12.1 Å². The molecule has 1 aromatic carbocycles. The highest BCUT2D eigenvalue weighted by Gasteiger charge is 2.16. The van der Waals surface area contributed by atoms with E-state index in [1.165, 1.54) is 0 Å². The second kappa shape index (κ2) is 4.00. The fraction of sp³-hybridized carbons (Fsp3) is 0.143. The lowest BCUT2D eigenvalue weighted by atomic mass is 10.2. The van der Waals surface area contributed by atoms with E-state index in [0.29, 0.717) is 0 Å². The zero-order valence-corrected chi connectivity index (χ0v) is 8.93. The first-order chi connectivity index (χ1) is 6.31. The summed E-state index contributed by atoms with van der Waals surface area (Å²) in [5.41, 5.74) is -0.258. The maximum atomic E-state index is 13.1. The van der Waals surface area contributed by atoms with Crippen molar-refractivity contribution in [2.24, 2.45) is 0 Å². The van der Waals surface area contributed by atoms with E-state index >= 15 is 0 Å². The molecular weight excluding hydrogens is 257 g/mol. The van der Waals surface area contributed by atoms with Crippen molar-refractivity contribution in [1.82, 2.24) is 0 Å². The molecule has 0 atom stereocenters. The van der Waals surface area contributed by atoms with Crippen LogP contribution in [0, 0.1) is 11.6 Å². The molecule has 0 radical (unpaired) electrons. The summed E-state index contributed by atoms with van der Waals surface area (Å²) >= 11 is 5.22. The molecule has 78 valence electrons. The summed E-state index contributed by atoms with van der Waals surface area (Å²) in [7, 11) is 1.02. The summed E-state index contributed by atoms with van der Waals surface area (Å²) < 4.78 is 47.0. The Balaban J connectivity index is 3.19. The van der Waals surface area contributed by atoms with Gasteiger partial charge in [0.25, 0.3) is 0 Å². The standard InChI is InChI=1S/C7H4Cl2F2O2S/c8-6-5(10)2-1-4(7(6)11)3-14(9,12)13/h1-2H,3H2. The lowest BCUT2D eigenvalue weighted by Crippen LogP contribution is -1.99. The number of rotatable bonds is 2. The first kappa shape index (κ1) is 11.7. The normalized spacial score (nSPS) is 11.7. The second-order valence-electron chi connectivity index (χ2n) is 2.52. The van der Waals surface area contributed by atoms with Gasteiger partial charge < -0.3 is 0 Å². The minimum Gasteiger partial charge on any atom is -0.212 e. The van der Waals surface area contributed by atoms with E-state index in [1.807, 2.05) is 0 Å². The van der Waals surface area contributed by atoms with Crippen LogP contribution < -0.4 is 0 Å². The van der Waals surface area contributed by atoms with E-state index in [9.17, 15) is 17.2 Å². The highest BCUT2D eigenvalue weighted by Crippen LogP contribution is 2.23. The summed E-state index contributed by atoms with van der Waals surface area (Å²) in [5, 5.41) is -0.734. The van der Waals surface area contributed by atoms with E-state index in [4.69, 9.17) is 22.3 Å². The van der Waals surface area contributed by atoms with Gasteiger partial charge in [-0.3, -0.25) is 0 Å². The van der Waals surface area contributed by atoms with Crippen LogP contribution in [-0.2, 0) is 14.8 Å². The third kappa shape index (κ3) is 2.80. The monoisotopic (exact) mass is 260 g/mol. The first-order valence-corrected chi connectivity index (χ1v) is 6.21. The molecule has 0 bridgehead atoms. The topological polar surface area (TPSA) is 34.1 Å². The van der Waals surface area contributed by atoms with Crippen molar-refractivity contribution >= 4 is 31.3 Å². The summed E-state index contributed by atoms with van der Waals surface area (Å²) in [5.74, 6) is -2.77. The van der Waals surface area contributed by atoms with E-state index in [-0.39, 0.29) is 5.56 Å². The van der Waals surface area contributed by atoms with Crippen molar-refractivity contribution in [1.29, 1.82) is 0 Å². The van der Waals surface area contributed by atoms with E-state index in [2.05, 4.69) is 0 Å². The Bertz CT molecular complexity index is 459. The Morgan fingerprint density at radius 2 is 1.86 bits per heavy atom. The zero-order valence-electron chi connectivity index (χ0n) is 6.60. The predicted octanol–water partition coefficient (Wildman–Crippen LogP) is 2.69. The predicted molar refractivity (Wildman–Crippen MR) is 49.8 cm³/mol. The first-order valence-electron chi connectivity index (χ1n) is 3.36. The van der Waals surface area contributed by atoms with Crippen LogP contribution in [0.5, 0.6) is 0 Å². The summed E-state index contributed by atoms with van der Waals surface area (Å²) in [6, 6.07) is 1.86. The summed E-state index contributed by atoms with van der Waals surface area (Å²) in [6.45, 7) is 0. The van der Waals surface area contributed by atoms with Crippen LogP contribution in [-0.4, -0.2) is 8.42 Å². The fourth-order valence-corrected chi connectivity index (χ4v) is 1.99. The second-order valence-corrected chi connectivity index (χ2v) is 5.67. The molecule has 0 N–H and O–H groups in total. The van der Waals surface area contributed by atoms with Gasteiger partial charge in [-0.1, -0.05) is 17.7 Å². The summed E-state index contributed by atoms with van der Waals surface area (Å²) in [4.78, 5) is 0. The highest BCUT2D eigenvalue weighted by atomic mass is 35.7. The molecule has 0 saturated heterocycles. The molecule has 0 unspecified atom stereocenters. The van der Waals surface area contributed by atoms with Crippen molar-refractivity contribution < 1.29 is 17.2 Å². The summed E-state index contributed by atoms with van der Waals surface area (Å²) in [6.07, 6.45) is 0. The molecule has 7 heteroatoms. The number of halogens is 4. The lowest BCUT2D eigenvalue weighted by Gasteiger charge is -2.02. The molecule has 1 aromatic rings. The highest BCUT2D eigenvalue weighted by molar-refractivity contribution is 8.13. The number of benzene rings is 1. The van der Waals surface area contributed by atoms with Crippen LogP contribution in [0.4, 0.5) is 8.78 Å². The van der Waals surface area contributed by atoms with Gasteiger partial charge >= 0.3 is 0 Å². The molecule has 0 aliphatic rings. The van der Waals surface area contributed by atoms with Gasteiger partial charge in [0.15, 0.2) is 0 Å². The van der Waals surface area contributed by atoms with Gasteiger partial charge in [-0.2, -0.15) is 0 Å². The van der Waals surface area contributed by atoms with Crippen molar-refractivity contribution in [2.45, 2.75) is 5.75 Å². The van der Waals surface area contributed by atoms with E-state index in [1.54, 1.807) is 0 Å². The molecule has 0 amide bonds. The van der Waals surface area contributed by atoms with Crippen molar-refractivity contribution in [3.63, 3.8) is 0 Å². The Kier molecular flexibility index (Phi) is 3.34.